The normalized spacial score (nSPS) is 25.1. The molecule has 0 saturated heterocycles. The number of rotatable bonds is 2. The van der Waals surface area contributed by atoms with Crippen molar-refractivity contribution in [1.29, 1.82) is 0 Å². The van der Waals surface area contributed by atoms with Gasteiger partial charge in [-0.3, -0.25) is 0 Å². The van der Waals surface area contributed by atoms with Crippen LogP contribution in [0.1, 0.15) is 38.4 Å². The lowest BCUT2D eigenvalue weighted by molar-refractivity contribution is 0.494. The van der Waals surface area contributed by atoms with Gasteiger partial charge in [-0.05, 0) is 18.8 Å². The zero-order valence-electron chi connectivity index (χ0n) is 9.10. The smallest absolute Gasteiger partial charge is 0.210 e. The molecule has 1 N–H and O–H groups in total. The largest absolute Gasteiger partial charge is 0.318 e. The Hall–Kier alpha value is -0.710. The van der Waals surface area contributed by atoms with Crippen LogP contribution >= 0.6 is 11.8 Å². The van der Waals surface area contributed by atoms with Crippen LogP contribution in [0.2, 0.25) is 0 Å². The van der Waals surface area contributed by atoms with E-state index in [0.717, 1.165) is 16.7 Å². The standard InChI is InChI=1S/C10H16N4S/c1-6(2)8-5-15-10-12-11-9(7-3-4-7)14(10)13-8/h6-8,13H,3-5H2,1-2H3. The van der Waals surface area contributed by atoms with E-state index in [9.17, 15) is 0 Å². The first-order chi connectivity index (χ1) is 7.25. The van der Waals surface area contributed by atoms with Crippen molar-refractivity contribution in [2.45, 2.75) is 43.8 Å². The Balaban J connectivity index is 1.88. The zero-order valence-corrected chi connectivity index (χ0v) is 9.92. The molecule has 15 heavy (non-hydrogen) atoms. The number of thioether (sulfide) groups is 1. The van der Waals surface area contributed by atoms with Crippen LogP contribution in [0.15, 0.2) is 5.16 Å². The topological polar surface area (TPSA) is 42.7 Å². The Morgan fingerprint density at radius 2 is 2.20 bits per heavy atom. The van der Waals surface area contributed by atoms with Gasteiger partial charge in [-0.2, -0.15) is 0 Å². The highest BCUT2D eigenvalue weighted by Crippen LogP contribution is 2.40. The van der Waals surface area contributed by atoms with E-state index in [0.29, 0.717) is 17.9 Å². The predicted molar refractivity (Wildman–Crippen MR) is 60.7 cm³/mol. The number of nitrogens with zero attached hydrogens (tertiary/aromatic N) is 3. The Morgan fingerprint density at radius 1 is 1.40 bits per heavy atom. The maximum atomic E-state index is 4.28. The van der Waals surface area contributed by atoms with E-state index in [1.54, 1.807) is 0 Å². The lowest BCUT2D eigenvalue weighted by Gasteiger charge is -2.28. The molecule has 3 rings (SSSR count). The SMILES string of the molecule is CC(C)C1CSc2nnc(C3CC3)n2N1. The summed E-state index contributed by atoms with van der Waals surface area (Å²) in [7, 11) is 0. The van der Waals surface area contributed by atoms with Crippen molar-refractivity contribution >= 4 is 11.8 Å². The monoisotopic (exact) mass is 224 g/mol. The molecular weight excluding hydrogens is 208 g/mol. The summed E-state index contributed by atoms with van der Waals surface area (Å²) >= 11 is 1.82. The molecule has 1 saturated carbocycles. The van der Waals surface area contributed by atoms with Crippen LogP contribution in [-0.2, 0) is 0 Å². The minimum Gasteiger partial charge on any atom is -0.318 e. The fourth-order valence-corrected chi connectivity index (χ4v) is 2.97. The van der Waals surface area contributed by atoms with Crippen molar-refractivity contribution < 1.29 is 0 Å². The molecule has 0 aromatic carbocycles. The van der Waals surface area contributed by atoms with Crippen molar-refractivity contribution in [3.63, 3.8) is 0 Å². The lowest BCUT2D eigenvalue weighted by Crippen LogP contribution is -2.38. The van der Waals surface area contributed by atoms with Crippen LogP contribution in [0.5, 0.6) is 0 Å². The average Bonchev–Trinajstić information content (AvgIpc) is 2.98. The maximum Gasteiger partial charge on any atom is 0.210 e. The molecule has 82 valence electrons. The molecule has 1 aromatic heterocycles. The van der Waals surface area contributed by atoms with E-state index < -0.39 is 0 Å². The summed E-state index contributed by atoms with van der Waals surface area (Å²) in [6.07, 6.45) is 2.55. The first kappa shape index (κ1) is 9.51. The molecule has 1 unspecified atom stereocenters. The van der Waals surface area contributed by atoms with Gasteiger partial charge in [0.2, 0.25) is 5.16 Å². The van der Waals surface area contributed by atoms with E-state index in [1.807, 2.05) is 11.8 Å². The Labute approximate surface area is 93.8 Å². The summed E-state index contributed by atoms with van der Waals surface area (Å²) in [5.41, 5.74) is 3.54. The minimum absolute atomic E-state index is 0.538. The van der Waals surface area contributed by atoms with Crippen LogP contribution in [0.4, 0.5) is 0 Å². The second kappa shape index (κ2) is 3.40. The highest BCUT2D eigenvalue weighted by atomic mass is 32.2. The highest BCUT2D eigenvalue weighted by Gasteiger charge is 2.33. The third kappa shape index (κ3) is 1.62. The molecule has 0 radical (unpaired) electrons. The van der Waals surface area contributed by atoms with Crippen LogP contribution in [0.25, 0.3) is 0 Å². The third-order valence-electron chi connectivity index (χ3n) is 3.09. The number of nitrogens with one attached hydrogen (secondary N) is 1. The average molecular weight is 224 g/mol. The van der Waals surface area contributed by atoms with E-state index >= 15 is 0 Å². The van der Waals surface area contributed by atoms with Crippen molar-refractivity contribution in [2.24, 2.45) is 5.92 Å². The van der Waals surface area contributed by atoms with Crippen LogP contribution < -0.4 is 5.43 Å². The van der Waals surface area contributed by atoms with Crippen LogP contribution in [0, 0.1) is 5.92 Å². The van der Waals surface area contributed by atoms with E-state index in [-0.39, 0.29) is 0 Å². The van der Waals surface area contributed by atoms with Gasteiger partial charge in [-0.25, -0.2) is 4.68 Å². The van der Waals surface area contributed by atoms with E-state index in [2.05, 4.69) is 34.1 Å². The second-order valence-electron chi connectivity index (χ2n) is 4.74. The summed E-state index contributed by atoms with van der Waals surface area (Å²) in [6.45, 7) is 4.51. The van der Waals surface area contributed by atoms with Crippen molar-refractivity contribution in [1.82, 2.24) is 14.9 Å². The van der Waals surface area contributed by atoms with Gasteiger partial charge in [0, 0.05) is 11.7 Å². The van der Waals surface area contributed by atoms with Gasteiger partial charge < -0.3 is 5.43 Å². The van der Waals surface area contributed by atoms with Gasteiger partial charge in [-0.15, -0.1) is 10.2 Å². The van der Waals surface area contributed by atoms with E-state index in [1.165, 1.54) is 12.8 Å². The minimum atomic E-state index is 0.538. The molecule has 1 fully saturated rings. The summed E-state index contributed by atoms with van der Waals surface area (Å²) < 4.78 is 2.12. The van der Waals surface area contributed by atoms with Gasteiger partial charge in [0.1, 0.15) is 0 Å². The number of hydrogen-bond donors (Lipinski definition) is 1. The Kier molecular flexibility index (Phi) is 2.16. The molecule has 1 aromatic rings. The molecule has 2 heterocycles. The highest BCUT2D eigenvalue weighted by molar-refractivity contribution is 7.99. The molecule has 5 heteroatoms. The van der Waals surface area contributed by atoms with Crippen LogP contribution in [0.3, 0.4) is 0 Å². The summed E-state index contributed by atoms with van der Waals surface area (Å²) in [5, 5.41) is 9.54. The quantitative estimate of drug-likeness (QED) is 0.832. The van der Waals surface area contributed by atoms with Gasteiger partial charge in [0.05, 0.1) is 6.04 Å². The number of fused-ring (bicyclic) bond motifs is 1. The third-order valence-corrected chi connectivity index (χ3v) is 4.14. The van der Waals surface area contributed by atoms with E-state index in [4.69, 9.17) is 0 Å². The molecule has 0 bridgehead atoms. The Morgan fingerprint density at radius 3 is 2.87 bits per heavy atom. The molecular formula is C10H16N4S. The molecule has 1 aliphatic carbocycles. The zero-order chi connectivity index (χ0) is 10.4. The van der Waals surface area contributed by atoms with Crippen LogP contribution in [-0.4, -0.2) is 26.7 Å². The first-order valence-corrected chi connectivity index (χ1v) is 6.59. The fraction of sp³-hybridized carbons (Fsp3) is 0.800. The van der Waals surface area contributed by atoms with Gasteiger partial charge in [-0.1, -0.05) is 25.6 Å². The maximum absolute atomic E-state index is 4.28. The predicted octanol–water partition coefficient (Wildman–Crippen LogP) is 1.83. The molecule has 4 nitrogen and oxygen atoms in total. The summed E-state index contributed by atoms with van der Waals surface area (Å²) in [5.74, 6) is 3.55. The fourth-order valence-electron chi connectivity index (χ4n) is 1.81. The first-order valence-electron chi connectivity index (χ1n) is 5.60. The summed E-state index contributed by atoms with van der Waals surface area (Å²) in [6, 6.07) is 0.538. The second-order valence-corrected chi connectivity index (χ2v) is 5.73. The van der Waals surface area contributed by atoms with Crippen molar-refractivity contribution in [3.8, 4) is 0 Å². The molecule has 2 aliphatic rings. The Bertz CT molecular complexity index is 369. The van der Waals surface area contributed by atoms with Crippen molar-refractivity contribution in [3.05, 3.63) is 5.82 Å². The lowest BCUT2D eigenvalue weighted by atomic mass is 10.1. The van der Waals surface area contributed by atoms with Gasteiger partial charge in [0.15, 0.2) is 5.82 Å². The number of hydrogen-bond acceptors (Lipinski definition) is 4. The number of aromatic nitrogens is 3. The van der Waals surface area contributed by atoms with Gasteiger partial charge >= 0.3 is 0 Å². The molecule has 1 aliphatic heterocycles. The molecule has 0 spiro atoms. The molecule has 1 atom stereocenters. The van der Waals surface area contributed by atoms with Crippen molar-refractivity contribution in [2.75, 3.05) is 11.2 Å². The molecule has 0 amide bonds. The summed E-state index contributed by atoms with van der Waals surface area (Å²) in [4.78, 5) is 0. The van der Waals surface area contributed by atoms with Gasteiger partial charge in [0.25, 0.3) is 0 Å².